The molecule has 0 aliphatic rings. The first-order valence-corrected chi connectivity index (χ1v) is 5.95. The van der Waals surface area contributed by atoms with Gasteiger partial charge in [-0.05, 0) is 29.8 Å². The van der Waals surface area contributed by atoms with Crippen LogP contribution in [0.2, 0.25) is 0 Å². The zero-order valence-corrected chi connectivity index (χ0v) is 9.46. The second-order valence-electron chi connectivity index (χ2n) is 3.43. The molecule has 0 saturated heterocycles. The van der Waals surface area contributed by atoms with E-state index in [2.05, 4.69) is 0 Å². The Balaban J connectivity index is 2.46. The third kappa shape index (κ3) is 2.50. The molecule has 0 saturated carbocycles. The molecule has 5 heteroatoms. The first-order chi connectivity index (χ1) is 8.08. The summed E-state index contributed by atoms with van der Waals surface area (Å²) in [5.74, 6) is -1.32. The topological polar surface area (TPSA) is 34.1 Å². The summed E-state index contributed by atoms with van der Waals surface area (Å²) in [6.07, 6.45) is 0. The second-order valence-corrected chi connectivity index (χ2v) is 4.46. The first kappa shape index (κ1) is 11.7. The fourth-order valence-corrected chi connectivity index (χ4v) is 1.88. The molecule has 2 aromatic rings. The molecule has 0 spiro atoms. The Bertz CT molecular complexity index is 611. The van der Waals surface area contributed by atoms with Crippen LogP contribution in [0.25, 0.3) is 11.1 Å². The predicted octanol–water partition coefficient (Wildman–Crippen LogP) is 2.60. The van der Waals surface area contributed by atoms with Crippen molar-refractivity contribution in [2.24, 2.45) is 0 Å². The fraction of sp³-hybridized carbons (Fsp3) is 0. The average Bonchev–Trinajstić information content (AvgIpc) is 2.29. The van der Waals surface area contributed by atoms with Crippen LogP contribution in [0, 0.1) is 11.6 Å². The largest absolute Gasteiger partial charge is 0.227 e. The summed E-state index contributed by atoms with van der Waals surface area (Å²) in [4.78, 5) is 0.159. The van der Waals surface area contributed by atoms with Crippen LogP contribution < -0.4 is 0 Å². The molecule has 0 atom stereocenters. The summed E-state index contributed by atoms with van der Waals surface area (Å²) in [6.45, 7) is 0. The molecule has 0 amide bonds. The Morgan fingerprint density at radius 1 is 0.882 bits per heavy atom. The summed E-state index contributed by atoms with van der Waals surface area (Å²) < 4.78 is 47.5. The molecule has 2 rings (SSSR count). The maximum absolute atomic E-state index is 13.4. The molecule has 0 bridgehead atoms. The van der Waals surface area contributed by atoms with Crippen molar-refractivity contribution >= 4 is 10.7 Å². The molecule has 0 heterocycles. The van der Waals surface area contributed by atoms with E-state index in [0.717, 1.165) is 12.1 Å². The monoisotopic (exact) mass is 254 g/mol. The highest BCUT2D eigenvalue weighted by Crippen LogP contribution is 2.23. The Morgan fingerprint density at radius 2 is 1.53 bits per heavy atom. The molecule has 0 aromatic heterocycles. The normalized spacial score (nSPS) is 10.8. The minimum Gasteiger partial charge on any atom is -0.227 e. The zero-order valence-electron chi connectivity index (χ0n) is 8.56. The SMILES string of the molecule is O=[SH](=O)c1ccc(-c2ccc(F)cc2F)cc1. The molecule has 0 N–H and O–H groups in total. The molecule has 2 aromatic carbocycles. The Hall–Kier alpha value is -1.75. The van der Waals surface area contributed by atoms with Crippen LogP contribution in [0.5, 0.6) is 0 Å². The maximum Gasteiger partial charge on any atom is 0.168 e. The summed E-state index contributed by atoms with van der Waals surface area (Å²) in [7, 11) is -2.64. The number of thiol groups is 1. The second kappa shape index (κ2) is 4.63. The number of halogens is 2. The molecule has 0 fully saturated rings. The summed E-state index contributed by atoms with van der Waals surface area (Å²) in [5, 5.41) is 0. The van der Waals surface area contributed by atoms with Gasteiger partial charge in [0.1, 0.15) is 11.6 Å². The standard InChI is InChI=1S/C12H8F2O2S/c13-9-3-6-11(12(14)7-9)8-1-4-10(5-2-8)17(15)16/h1-7,17H. The van der Waals surface area contributed by atoms with E-state index < -0.39 is 22.3 Å². The van der Waals surface area contributed by atoms with Crippen molar-refractivity contribution < 1.29 is 17.2 Å². The van der Waals surface area contributed by atoms with E-state index in [-0.39, 0.29) is 10.5 Å². The molecule has 17 heavy (non-hydrogen) atoms. The van der Waals surface area contributed by atoms with E-state index in [1.54, 1.807) is 0 Å². The van der Waals surface area contributed by atoms with Gasteiger partial charge in [0, 0.05) is 11.6 Å². The van der Waals surface area contributed by atoms with Gasteiger partial charge in [-0.25, -0.2) is 17.2 Å². The van der Waals surface area contributed by atoms with E-state index in [9.17, 15) is 17.2 Å². The minimum atomic E-state index is -2.64. The molecule has 0 unspecified atom stereocenters. The summed E-state index contributed by atoms with van der Waals surface area (Å²) in [6, 6.07) is 8.98. The van der Waals surface area contributed by atoms with Gasteiger partial charge < -0.3 is 0 Å². The van der Waals surface area contributed by atoms with E-state index in [4.69, 9.17) is 0 Å². The smallest absolute Gasteiger partial charge is 0.168 e. The van der Waals surface area contributed by atoms with Crippen molar-refractivity contribution in [3.05, 3.63) is 54.1 Å². The van der Waals surface area contributed by atoms with Crippen molar-refractivity contribution in [1.82, 2.24) is 0 Å². The highest BCUT2D eigenvalue weighted by molar-refractivity contribution is 7.72. The van der Waals surface area contributed by atoms with Gasteiger partial charge in [-0.3, -0.25) is 0 Å². The van der Waals surface area contributed by atoms with Gasteiger partial charge in [0.05, 0.1) is 4.90 Å². The van der Waals surface area contributed by atoms with Crippen LogP contribution in [-0.4, -0.2) is 8.42 Å². The quantitative estimate of drug-likeness (QED) is 0.836. The Kier molecular flexibility index (Phi) is 3.19. The van der Waals surface area contributed by atoms with Gasteiger partial charge in [-0.2, -0.15) is 0 Å². The Morgan fingerprint density at radius 3 is 2.06 bits per heavy atom. The molecular formula is C12H8F2O2S. The highest BCUT2D eigenvalue weighted by Gasteiger charge is 2.06. The minimum absolute atomic E-state index is 0.159. The van der Waals surface area contributed by atoms with Crippen molar-refractivity contribution in [2.75, 3.05) is 0 Å². The van der Waals surface area contributed by atoms with Gasteiger partial charge in [-0.15, -0.1) is 0 Å². The van der Waals surface area contributed by atoms with Crippen molar-refractivity contribution in [2.45, 2.75) is 4.90 Å². The van der Waals surface area contributed by atoms with Crippen LogP contribution in [0.4, 0.5) is 8.78 Å². The lowest BCUT2D eigenvalue weighted by atomic mass is 10.1. The average molecular weight is 254 g/mol. The lowest BCUT2D eigenvalue weighted by Crippen LogP contribution is -1.87. The zero-order chi connectivity index (χ0) is 12.4. The molecule has 0 radical (unpaired) electrons. The number of rotatable bonds is 2. The van der Waals surface area contributed by atoms with Crippen LogP contribution in [0.1, 0.15) is 0 Å². The highest BCUT2D eigenvalue weighted by atomic mass is 32.2. The van der Waals surface area contributed by atoms with Crippen molar-refractivity contribution in [3.8, 4) is 11.1 Å². The first-order valence-electron chi connectivity index (χ1n) is 4.78. The molecule has 2 nitrogen and oxygen atoms in total. The van der Waals surface area contributed by atoms with Crippen LogP contribution >= 0.6 is 0 Å². The van der Waals surface area contributed by atoms with Gasteiger partial charge in [0.2, 0.25) is 0 Å². The lowest BCUT2D eigenvalue weighted by molar-refractivity contribution is 0.585. The van der Waals surface area contributed by atoms with E-state index in [1.165, 1.54) is 30.3 Å². The van der Waals surface area contributed by atoms with Crippen molar-refractivity contribution in [3.63, 3.8) is 0 Å². The number of benzene rings is 2. The maximum atomic E-state index is 13.4. The van der Waals surface area contributed by atoms with Crippen LogP contribution in [0.15, 0.2) is 47.4 Å². The lowest BCUT2D eigenvalue weighted by Gasteiger charge is -2.03. The van der Waals surface area contributed by atoms with E-state index in [0.29, 0.717) is 5.56 Å². The van der Waals surface area contributed by atoms with Crippen LogP contribution in [0.3, 0.4) is 0 Å². The molecular weight excluding hydrogens is 246 g/mol. The summed E-state index contributed by atoms with van der Waals surface area (Å²) >= 11 is 0. The van der Waals surface area contributed by atoms with Crippen molar-refractivity contribution in [1.29, 1.82) is 0 Å². The van der Waals surface area contributed by atoms with Crippen LogP contribution in [-0.2, 0) is 10.7 Å². The third-order valence-electron chi connectivity index (χ3n) is 2.32. The predicted molar refractivity (Wildman–Crippen MR) is 60.4 cm³/mol. The van der Waals surface area contributed by atoms with Gasteiger partial charge >= 0.3 is 0 Å². The van der Waals surface area contributed by atoms with E-state index >= 15 is 0 Å². The molecule has 0 aliphatic heterocycles. The number of hydrogen-bond acceptors (Lipinski definition) is 2. The molecule has 88 valence electrons. The van der Waals surface area contributed by atoms with Gasteiger partial charge in [-0.1, -0.05) is 12.1 Å². The van der Waals surface area contributed by atoms with Gasteiger partial charge in [0.25, 0.3) is 0 Å². The molecule has 0 aliphatic carbocycles. The third-order valence-corrected chi connectivity index (χ3v) is 3.04. The number of hydrogen-bond donors (Lipinski definition) is 1. The van der Waals surface area contributed by atoms with E-state index in [1.807, 2.05) is 0 Å². The fourth-order valence-electron chi connectivity index (χ4n) is 1.49. The van der Waals surface area contributed by atoms with Gasteiger partial charge in [0.15, 0.2) is 10.7 Å². The summed E-state index contributed by atoms with van der Waals surface area (Å²) in [5.41, 5.74) is 0.738. The Labute approximate surface area is 98.5 Å².